The van der Waals surface area contributed by atoms with Gasteiger partial charge in [-0.2, -0.15) is 0 Å². The molecule has 1 aliphatic rings. The van der Waals surface area contributed by atoms with Gasteiger partial charge in [0, 0.05) is 6.04 Å². The number of nitrogens with zero attached hydrogens (tertiary/aromatic N) is 1. The molecule has 0 bridgehead atoms. The second-order valence-electron chi connectivity index (χ2n) is 4.58. The van der Waals surface area contributed by atoms with Gasteiger partial charge in [-0.3, -0.25) is 0 Å². The number of nitrogens with one attached hydrogen (secondary N) is 2. The van der Waals surface area contributed by atoms with E-state index in [1.54, 1.807) is 0 Å². The third kappa shape index (κ3) is 3.54. The number of sulfonamides is 1. The van der Waals surface area contributed by atoms with Gasteiger partial charge in [0.15, 0.2) is 5.03 Å². The van der Waals surface area contributed by atoms with Crippen LogP contribution in [0.4, 0.5) is 0 Å². The van der Waals surface area contributed by atoms with Crippen LogP contribution in [0.5, 0.6) is 0 Å². The summed E-state index contributed by atoms with van der Waals surface area (Å²) in [6.45, 7) is 0. The van der Waals surface area contributed by atoms with Crippen molar-refractivity contribution in [2.24, 2.45) is 0 Å². The van der Waals surface area contributed by atoms with Gasteiger partial charge in [0.25, 0.3) is 10.0 Å². The van der Waals surface area contributed by atoms with Gasteiger partial charge in [-0.25, -0.2) is 18.1 Å². The summed E-state index contributed by atoms with van der Waals surface area (Å²) in [5.74, 6) is 0. The van der Waals surface area contributed by atoms with Crippen LogP contribution in [0.3, 0.4) is 0 Å². The molecule has 1 aromatic heterocycles. The van der Waals surface area contributed by atoms with Crippen molar-refractivity contribution in [3.05, 3.63) is 12.5 Å². The van der Waals surface area contributed by atoms with Crippen molar-refractivity contribution in [1.29, 1.82) is 0 Å². The molecule has 5 nitrogen and oxygen atoms in total. The van der Waals surface area contributed by atoms with Crippen molar-refractivity contribution in [3.63, 3.8) is 0 Å². The Kier molecular flexibility index (Phi) is 4.17. The van der Waals surface area contributed by atoms with Crippen LogP contribution in [-0.4, -0.2) is 24.4 Å². The van der Waals surface area contributed by atoms with E-state index >= 15 is 0 Å². The zero-order valence-corrected chi connectivity index (χ0v) is 10.7. The lowest BCUT2D eigenvalue weighted by Gasteiger charge is -2.20. The summed E-state index contributed by atoms with van der Waals surface area (Å²) in [7, 11) is -3.41. The van der Waals surface area contributed by atoms with Crippen LogP contribution < -0.4 is 4.72 Å². The van der Waals surface area contributed by atoms with E-state index in [1.165, 1.54) is 31.8 Å². The first-order valence-corrected chi connectivity index (χ1v) is 7.67. The number of hydrogen-bond donors (Lipinski definition) is 2. The third-order valence-electron chi connectivity index (χ3n) is 3.19. The zero-order valence-electron chi connectivity index (χ0n) is 9.85. The number of aromatic amines is 1. The molecule has 2 rings (SSSR count). The molecule has 0 spiro atoms. The largest absolute Gasteiger partial charge is 0.335 e. The quantitative estimate of drug-likeness (QED) is 0.867. The minimum atomic E-state index is -3.41. The third-order valence-corrected chi connectivity index (χ3v) is 4.64. The summed E-state index contributed by atoms with van der Waals surface area (Å²) in [4.78, 5) is 6.37. The van der Waals surface area contributed by atoms with Crippen molar-refractivity contribution in [2.75, 3.05) is 0 Å². The fraction of sp³-hybridized carbons (Fsp3) is 0.727. The molecule has 0 amide bonds. The van der Waals surface area contributed by atoms with Gasteiger partial charge < -0.3 is 4.98 Å². The Morgan fingerprint density at radius 2 is 1.82 bits per heavy atom. The van der Waals surface area contributed by atoms with Crippen molar-refractivity contribution in [2.45, 2.75) is 56.0 Å². The molecule has 0 aliphatic heterocycles. The standard InChI is InChI=1S/C11H19N3O2S/c15-17(16,11-8-12-9-13-11)14-10-6-4-2-1-3-5-7-10/h8-10,14H,1-7H2,(H,12,13). The van der Waals surface area contributed by atoms with Crippen molar-refractivity contribution < 1.29 is 8.42 Å². The van der Waals surface area contributed by atoms with Gasteiger partial charge >= 0.3 is 0 Å². The zero-order chi connectivity index (χ0) is 12.1. The molecular formula is C11H19N3O2S. The Morgan fingerprint density at radius 1 is 1.18 bits per heavy atom. The first-order chi connectivity index (χ1) is 8.18. The second-order valence-corrected chi connectivity index (χ2v) is 6.26. The topological polar surface area (TPSA) is 74.8 Å². The summed E-state index contributed by atoms with van der Waals surface area (Å²) in [5, 5.41) is 0.152. The predicted octanol–water partition coefficient (Wildman–Crippen LogP) is 1.80. The smallest absolute Gasteiger partial charge is 0.257 e. The van der Waals surface area contributed by atoms with Crippen LogP contribution in [0.25, 0.3) is 0 Å². The molecular weight excluding hydrogens is 238 g/mol. The van der Waals surface area contributed by atoms with Gasteiger partial charge in [-0.15, -0.1) is 0 Å². The molecule has 0 saturated heterocycles. The summed E-state index contributed by atoms with van der Waals surface area (Å²) < 4.78 is 26.7. The second kappa shape index (κ2) is 5.64. The normalized spacial score (nSPS) is 19.8. The molecule has 6 heteroatoms. The fourth-order valence-electron chi connectivity index (χ4n) is 2.25. The van der Waals surface area contributed by atoms with Gasteiger partial charge in [0.2, 0.25) is 0 Å². The molecule has 1 heterocycles. The highest BCUT2D eigenvalue weighted by Crippen LogP contribution is 2.18. The number of H-pyrrole nitrogens is 1. The highest BCUT2D eigenvalue weighted by Gasteiger charge is 2.21. The van der Waals surface area contributed by atoms with E-state index in [0.29, 0.717) is 0 Å². The molecule has 1 fully saturated rings. The maximum Gasteiger partial charge on any atom is 0.257 e. The molecule has 0 unspecified atom stereocenters. The van der Waals surface area contributed by atoms with Gasteiger partial charge in [-0.1, -0.05) is 32.1 Å². The lowest BCUT2D eigenvalue weighted by molar-refractivity contribution is 0.426. The van der Waals surface area contributed by atoms with Crippen molar-refractivity contribution >= 4 is 10.0 Å². The summed E-state index contributed by atoms with van der Waals surface area (Å²) in [6, 6.07) is 0.0728. The van der Waals surface area contributed by atoms with E-state index in [0.717, 1.165) is 25.7 Å². The van der Waals surface area contributed by atoms with E-state index in [-0.39, 0.29) is 11.1 Å². The molecule has 96 valence electrons. The van der Waals surface area contributed by atoms with E-state index < -0.39 is 10.0 Å². The average molecular weight is 257 g/mol. The maximum absolute atomic E-state index is 12.0. The number of rotatable bonds is 3. The molecule has 1 aromatic rings. The van der Waals surface area contributed by atoms with Crippen LogP contribution in [0.15, 0.2) is 17.6 Å². The van der Waals surface area contributed by atoms with Gasteiger partial charge in [0.1, 0.15) is 0 Å². The van der Waals surface area contributed by atoms with E-state index in [2.05, 4.69) is 14.7 Å². The van der Waals surface area contributed by atoms with Gasteiger partial charge in [-0.05, 0) is 12.8 Å². The monoisotopic (exact) mass is 257 g/mol. The van der Waals surface area contributed by atoms with Crippen LogP contribution in [0.1, 0.15) is 44.9 Å². The van der Waals surface area contributed by atoms with Crippen LogP contribution in [-0.2, 0) is 10.0 Å². The van der Waals surface area contributed by atoms with Gasteiger partial charge in [0.05, 0.1) is 12.5 Å². The molecule has 0 aromatic carbocycles. The Hall–Kier alpha value is -0.880. The lowest BCUT2D eigenvalue weighted by Crippen LogP contribution is -2.35. The summed E-state index contributed by atoms with van der Waals surface area (Å²) >= 11 is 0. The molecule has 0 atom stereocenters. The number of hydrogen-bond acceptors (Lipinski definition) is 3. The Balaban J connectivity index is 1.99. The molecule has 17 heavy (non-hydrogen) atoms. The van der Waals surface area contributed by atoms with Crippen LogP contribution in [0, 0.1) is 0 Å². The number of aromatic nitrogens is 2. The van der Waals surface area contributed by atoms with Crippen LogP contribution >= 0.6 is 0 Å². The van der Waals surface area contributed by atoms with Crippen LogP contribution in [0.2, 0.25) is 0 Å². The minimum absolute atomic E-state index is 0.0728. The Labute approximate surface area is 102 Å². The fourth-order valence-corrected chi connectivity index (χ4v) is 3.46. The Morgan fingerprint density at radius 3 is 2.41 bits per heavy atom. The van der Waals surface area contributed by atoms with Crippen molar-refractivity contribution in [3.8, 4) is 0 Å². The summed E-state index contributed by atoms with van der Waals surface area (Å²) in [6.07, 6.45) is 10.5. The first-order valence-electron chi connectivity index (χ1n) is 6.19. The van der Waals surface area contributed by atoms with E-state index in [4.69, 9.17) is 0 Å². The SMILES string of the molecule is O=S(=O)(NC1CCCCCCC1)c1cnc[nH]1. The molecule has 0 radical (unpaired) electrons. The Bertz CT molecular complexity index is 420. The molecule has 2 N–H and O–H groups in total. The number of imidazole rings is 1. The molecule has 1 saturated carbocycles. The van der Waals surface area contributed by atoms with Crippen molar-refractivity contribution in [1.82, 2.24) is 14.7 Å². The maximum atomic E-state index is 12.0. The first kappa shape index (κ1) is 12.6. The minimum Gasteiger partial charge on any atom is -0.335 e. The summed E-state index contributed by atoms with van der Waals surface area (Å²) in [5.41, 5.74) is 0. The average Bonchev–Trinajstić information content (AvgIpc) is 2.75. The van der Waals surface area contributed by atoms with E-state index in [1.807, 2.05) is 0 Å². The highest BCUT2D eigenvalue weighted by molar-refractivity contribution is 7.89. The molecule has 1 aliphatic carbocycles. The lowest BCUT2D eigenvalue weighted by atomic mass is 9.97. The van der Waals surface area contributed by atoms with E-state index in [9.17, 15) is 8.42 Å². The highest BCUT2D eigenvalue weighted by atomic mass is 32.2. The predicted molar refractivity (Wildman–Crippen MR) is 65.0 cm³/mol.